The van der Waals surface area contributed by atoms with Crippen molar-refractivity contribution in [1.29, 1.82) is 0 Å². The van der Waals surface area contributed by atoms with Crippen LogP contribution in [0.4, 0.5) is 0 Å². The van der Waals surface area contributed by atoms with Crippen LogP contribution in [0.25, 0.3) is 22.2 Å². The average molecular weight is 493 g/mol. The van der Waals surface area contributed by atoms with Crippen LogP contribution in [0.15, 0.2) is 48.8 Å². The minimum Gasteiger partial charge on any atom is -0.481 e. The zero-order valence-corrected chi connectivity index (χ0v) is 19.9. The van der Waals surface area contributed by atoms with Crippen molar-refractivity contribution in [2.75, 3.05) is 13.7 Å². The Labute approximate surface area is 206 Å². The Kier molecular flexibility index (Phi) is 6.17. The van der Waals surface area contributed by atoms with Gasteiger partial charge in [-0.2, -0.15) is 5.10 Å². The van der Waals surface area contributed by atoms with Crippen LogP contribution >= 0.6 is 11.6 Å². The van der Waals surface area contributed by atoms with Crippen molar-refractivity contribution in [1.82, 2.24) is 25.1 Å². The third kappa shape index (κ3) is 4.46. The molecular weight excluding hydrogens is 468 g/mol. The first-order chi connectivity index (χ1) is 16.9. The number of nitrogens with one attached hydrogen (secondary N) is 2. The molecule has 0 spiro atoms. The minimum absolute atomic E-state index is 0.201. The van der Waals surface area contributed by atoms with Crippen LogP contribution in [0, 0.1) is 5.92 Å². The van der Waals surface area contributed by atoms with Crippen molar-refractivity contribution in [3.8, 4) is 17.1 Å². The Hall–Kier alpha value is -3.85. The first-order valence-electron chi connectivity index (χ1n) is 11.3. The summed E-state index contributed by atoms with van der Waals surface area (Å²) in [5, 5.41) is 8.68. The Morgan fingerprint density at radius 3 is 2.94 bits per heavy atom. The molecule has 1 aliphatic heterocycles. The van der Waals surface area contributed by atoms with E-state index >= 15 is 0 Å². The summed E-state index contributed by atoms with van der Waals surface area (Å²) in [6.07, 6.45) is 5.01. The number of hydrogen-bond donors (Lipinski definition) is 3. The number of methoxy groups -OCH3 is 1. The van der Waals surface area contributed by atoms with E-state index in [0.717, 1.165) is 16.5 Å². The van der Waals surface area contributed by atoms with Gasteiger partial charge in [-0.05, 0) is 42.3 Å². The molecule has 1 aliphatic rings. The van der Waals surface area contributed by atoms with E-state index in [4.69, 9.17) is 22.1 Å². The number of aromatic nitrogens is 4. The van der Waals surface area contributed by atoms with Crippen LogP contribution in [0.3, 0.4) is 0 Å². The number of fused-ring (bicyclic) bond motifs is 1. The van der Waals surface area contributed by atoms with Gasteiger partial charge in [0.25, 0.3) is 5.91 Å². The molecule has 9 nitrogen and oxygen atoms in total. The molecule has 10 heteroatoms. The first kappa shape index (κ1) is 22.9. The fourth-order valence-electron chi connectivity index (χ4n) is 4.80. The van der Waals surface area contributed by atoms with Crippen LogP contribution in [0.2, 0.25) is 5.02 Å². The number of benzene rings is 1. The second-order valence-corrected chi connectivity index (χ2v) is 9.12. The average Bonchev–Trinajstić information content (AvgIpc) is 3.54. The van der Waals surface area contributed by atoms with E-state index in [0.29, 0.717) is 48.0 Å². The van der Waals surface area contributed by atoms with E-state index in [1.165, 1.54) is 13.3 Å². The number of carbonyl (C=O) groups is 2. The zero-order valence-electron chi connectivity index (χ0n) is 19.1. The van der Waals surface area contributed by atoms with E-state index in [2.05, 4.69) is 20.2 Å². The lowest BCUT2D eigenvalue weighted by Crippen LogP contribution is -2.49. The Balaban J connectivity index is 1.44. The number of nitrogens with two attached hydrogens (primary N) is 1. The predicted octanol–water partition coefficient (Wildman–Crippen LogP) is 3.56. The van der Waals surface area contributed by atoms with Gasteiger partial charge in [-0.3, -0.25) is 14.7 Å². The van der Waals surface area contributed by atoms with Crippen LogP contribution in [0.1, 0.15) is 28.9 Å². The lowest BCUT2D eigenvalue weighted by Gasteiger charge is -2.38. The molecule has 0 bridgehead atoms. The highest BCUT2D eigenvalue weighted by Crippen LogP contribution is 2.31. The monoisotopic (exact) mass is 492 g/mol. The fourth-order valence-corrected chi connectivity index (χ4v) is 5.00. The minimum atomic E-state index is -0.330. The molecule has 1 saturated heterocycles. The van der Waals surface area contributed by atoms with E-state index in [1.54, 1.807) is 17.0 Å². The number of ether oxygens (including phenoxy) is 1. The van der Waals surface area contributed by atoms with Crippen molar-refractivity contribution in [3.63, 3.8) is 0 Å². The van der Waals surface area contributed by atoms with Crippen LogP contribution < -0.4 is 10.5 Å². The SMILES string of the molecule is COc1cc(-c2cc(C(=O)N3CCC(C(N)=O)CC3Cc3cccc4cc[nH]c34)n[nH]2)c(Cl)cn1. The summed E-state index contributed by atoms with van der Waals surface area (Å²) in [6.45, 7) is 0.420. The molecule has 0 radical (unpaired) electrons. The van der Waals surface area contributed by atoms with Gasteiger partial charge in [0.2, 0.25) is 11.8 Å². The van der Waals surface area contributed by atoms with Gasteiger partial charge in [-0.25, -0.2) is 4.98 Å². The molecule has 35 heavy (non-hydrogen) atoms. The quantitative estimate of drug-likeness (QED) is 0.379. The molecule has 3 aromatic heterocycles. The third-order valence-electron chi connectivity index (χ3n) is 6.63. The van der Waals surface area contributed by atoms with Crippen molar-refractivity contribution in [3.05, 3.63) is 65.1 Å². The van der Waals surface area contributed by atoms with Crippen LogP contribution in [-0.2, 0) is 11.2 Å². The molecule has 4 heterocycles. The highest BCUT2D eigenvalue weighted by Gasteiger charge is 2.35. The maximum absolute atomic E-state index is 13.6. The van der Waals surface area contributed by atoms with Crippen molar-refractivity contribution in [2.45, 2.75) is 25.3 Å². The summed E-state index contributed by atoms with van der Waals surface area (Å²) < 4.78 is 5.19. The summed E-state index contributed by atoms with van der Waals surface area (Å²) in [5.41, 5.74) is 9.24. The molecule has 4 aromatic rings. The van der Waals surface area contributed by atoms with E-state index in [9.17, 15) is 9.59 Å². The van der Waals surface area contributed by atoms with Gasteiger partial charge in [0.05, 0.1) is 24.0 Å². The molecule has 1 aromatic carbocycles. The summed E-state index contributed by atoms with van der Waals surface area (Å²) in [5.74, 6) is -0.413. The Morgan fingerprint density at radius 1 is 1.29 bits per heavy atom. The third-order valence-corrected chi connectivity index (χ3v) is 6.94. The number of pyridine rings is 1. The normalized spacial score (nSPS) is 18.1. The standard InChI is InChI=1S/C25H25ClN6O3/c1-35-22-11-18(19(26)13-29-22)20-12-21(31-30-20)25(34)32-8-6-16(24(27)33)10-17(32)9-15-4-2-3-14-5-7-28-23(14)15/h2-5,7,11-13,16-17,28H,6,8-10H2,1H3,(H2,27,33)(H,30,31). The molecular formula is C25H25ClN6O3. The number of carbonyl (C=O) groups excluding carboxylic acids is 2. The van der Waals surface area contributed by atoms with Crippen LogP contribution in [0.5, 0.6) is 5.88 Å². The number of amides is 2. The highest BCUT2D eigenvalue weighted by atomic mass is 35.5. The molecule has 5 rings (SSSR count). The summed E-state index contributed by atoms with van der Waals surface area (Å²) in [6, 6.07) is 11.2. The molecule has 0 saturated carbocycles. The topological polar surface area (TPSA) is 130 Å². The second kappa shape index (κ2) is 9.42. The Bertz CT molecular complexity index is 1400. The summed E-state index contributed by atoms with van der Waals surface area (Å²) in [7, 11) is 1.52. The number of aromatic amines is 2. The molecule has 180 valence electrons. The van der Waals surface area contributed by atoms with E-state index in [1.807, 2.05) is 30.5 Å². The van der Waals surface area contributed by atoms with Gasteiger partial charge >= 0.3 is 0 Å². The van der Waals surface area contributed by atoms with Gasteiger partial charge in [-0.1, -0.05) is 29.8 Å². The lowest BCUT2D eigenvalue weighted by molar-refractivity contribution is -0.123. The van der Waals surface area contributed by atoms with Crippen molar-refractivity contribution >= 4 is 34.3 Å². The van der Waals surface area contributed by atoms with Crippen LogP contribution in [-0.4, -0.2) is 56.6 Å². The number of piperidine rings is 1. The smallest absolute Gasteiger partial charge is 0.274 e. The first-order valence-corrected chi connectivity index (χ1v) is 11.7. The van der Waals surface area contributed by atoms with Gasteiger partial charge in [0.1, 0.15) is 0 Å². The molecule has 2 atom stereocenters. The number of halogens is 1. The zero-order chi connectivity index (χ0) is 24.5. The number of H-pyrrole nitrogens is 2. The van der Waals surface area contributed by atoms with Gasteiger partial charge in [0, 0.05) is 41.8 Å². The molecule has 1 fully saturated rings. The fraction of sp³-hybridized carbons (Fsp3) is 0.280. The van der Waals surface area contributed by atoms with E-state index < -0.39 is 0 Å². The molecule has 0 aliphatic carbocycles. The molecule has 2 amide bonds. The summed E-state index contributed by atoms with van der Waals surface area (Å²) >= 11 is 6.31. The number of hydrogen-bond acceptors (Lipinski definition) is 5. The molecule has 4 N–H and O–H groups in total. The van der Waals surface area contributed by atoms with E-state index in [-0.39, 0.29) is 29.5 Å². The van der Waals surface area contributed by atoms with Gasteiger partial charge in [-0.15, -0.1) is 0 Å². The maximum atomic E-state index is 13.6. The van der Waals surface area contributed by atoms with Crippen molar-refractivity contribution in [2.24, 2.45) is 11.7 Å². The lowest BCUT2D eigenvalue weighted by atomic mass is 9.86. The highest BCUT2D eigenvalue weighted by molar-refractivity contribution is 6.33. The van der Waals surface area contributed by atoms with Gasteiger partial charge < -0.3 is 20.4 Å². The van der Waals surface area contributed by atoms with Gasteiger partial charge in [0.15, 0.2) is 5.69 Å². The largest absolute Gasteiger partial charge is 0.481 e. The summed E-state index contributed by atoms with van der Waals surface area (Å²) in [4.78, 5) is 34.7. The molecule has 2 unspecified atom stereocenters. The maximum Gasteiger partial charge on any atom is 0.274 e. The second-order valence-electron chi connectivity index (χ2n) is 8.71. The number of likely N-dealkylation sites (tertiary alicyclic amines) is 1. The number of rotatable bonds is 6. The Morgan fingerprint density at radius 2 is 2.14 bits per heavy atom. The number of nitrogens with zero attached hydrogens (tertiary/aromatic N) is 3. The number of primary amides is 1. The van der Waals surface area contributed by atoms with Crippen molar-refractivity contribution < 1.29 is 14.3 Å². The number of para-hydroxylation sites is 1. The predicted molar refractivity (Wildman–Crippen MR) is 132 cm³/mol.